The minimum atomic E-state index is -0.264. The average molecular weight is 340 g/mol. The van der Waals surface area contributed by atoms with Crippen LogP contribution in [-0.2, 0) is 9.47 Å². The van der Waals surface area contributed by atoms with E-state index < -0.39 is 0 Å². The molecule has 0 N–H and O–H groups in total. The largest absolute Gasteiger partial charge is 0.476 e. The van der Waals surface area contributed by atoms with E-state index in [1.807, 2.05) is 30.3 Å². The van der Waals surface area contributed by atoms with Crippen LogP contribution in [0.25, 0.3) is 11.3 Å². The summed E-state index contributed by atoms with van der Waals surface area (Å²) in [5.41, 5.74) is 2.97. The third-order valence-electron chi connectivity index (χ3n) is 4.66. The Morgan fingerprint density at radius 1 is 1.04 bits per heavy atom. The summed E-state index contributed by atoms with van der Waals surface area (Å²) in [6.45, 7) is 5.32. The highest BCUT2D eigenvalue weighted by molar-refractivity contribution is 5.60. The Morgan fingerprint density at radius 2 is 1.84 bits per heavy atom. The average Bonchev–Trinajstić information content (AvgIpc) is 3.36. The van der Waals surface area contributed by atoms with Gasteiger partial charge in [-0.2, -0.15) is 0 Å². The normalized spacial score (nSPS) is 18.7. The maximum absolute atomic E-state index is 5.86. The van der Waals surface area contributed by atoms with E-state index in [0.29, 0.717) is 25.7 Å². The lowest BCUT2D eigenvalue weighted by molar-refractivity contribution is -0.0440. The first kappa shape index (κ1) is 16.5. The third-order valence-corrected chi connectivity index (χ3v) is 4.66. The molecule has 25 heavy (non-hydrogen) atoms. The molecule has 2 aromatic rings. The second-order valence-electron chi connectivity index (χ2n) is 6.46. The van der Waals surface area contributed by atoms with Crippen molar-refractivity contribution in [2.24, 2.45) is 0 Å². The number of likely N-dealkylation sites (tertiary alicyclic amines) is 1. The number of aromatic nitrogens is 1. The number of rotatable bonds is 6. The lowest BCUT2D eigenvalue weighted by Gasteiger charge is -2.15. The molecular formula is C20H24N2O3. The van der Waals surface area contributed by atoms with Crippen LogP contribution in [0.1, 0.15) is 24.7 Å². The Hall–Kier alpha value is -1.95. The molecule has 0 unspecified atom stereocenters. The van der Waals surface area contributed by atoms with Crippen LogP contribution < -0.4 is 4.74 Å². The number of pyridine rings is 1. The molecule has 1 aromatic heterocycles. The molecule has 2 aliphatic heterocycles. The summed E-state index contributed by atoms with van der Waals surface area (Å²) in [7, 11) is 0. The van der Waals surface area contributed by atoms with Gasteiger partial charge in [-0.1, -0.05) is 24.3 Å². The summed E-state index contributed by atoms with van der Waals surface area (Å²) in [6.07, 6.45) is 2.34. The molecule has 1 aromatic carbocycles. The second-order valence-corrected chi connectivity index (χ2v) is 6.46. The van der Waals surface area contributed by atoms with Gasteiger partial charge in [0.2, 0.25) is 5.88 Å². The summed E-state index contributed by atoms with van der Waals surface area (Å²) in [4.78, 5) is 7.09. The molecule has 0 aliphatic carbocycles. The number of hydrogen-bond donors (Lipinski definition) is 0. The van der Waals surface area contributed by atoms with Gasteiger partial charge < -0.3 is 14.2 Å². The highest BCUT2D eigenvalue weighted by atomic mass is 16.7. The van der Waals surface area contributed by atoms with E-state index in [1.165, 1.54) is 25.9 Å². The van der Waals surface area contributed by atoms with Crippen molar-refractivity contribution in [2.75, 3.05) is 39.5 Å². The monoisotopic (exact) mass is 340 g/mol. The Labute approximate surface area is 148 Å². The molecule has 132 valence electrons. The first-order valence-electron chi connectivity index (χ1n) is 9.04. The molecular weight excluding hydrogens is 316 g/mol. The molecule has 2 fully saturated rings. The Balaban J connectivity index is 1.42. The van der Waals surface area contributed by atoms with Crippen molar-refractivity contribution < 1.29 is 14.2 Å². The predicted octanol–water partition coefficient (Wildman–Crippen LogP) is 3.27. The Morgan fingerprint density at radius 3 is 2.68 bits per heavy atom. The zero-order valence-corrected chi connectivity index (χ0v) is 14.4. The van der Waals surface area contributed by atoms with Gasteiger partial charge in [0, 0.05) is 23.7 Å². The van der Waals surface area contributed by atoms with Gasteiger partial charge >= 0.3 is 0 Å². The topological polar surface area (TPSA) is 43.8 Å². The molecule has 0 radical (unpaired) electrons. The summed E-state index contributed by atoms with van der Waals surface area (Å²) < 4.78 is 17.0. The van der Waals surface area contributed by atoms with Crippen molar-refractivity contribution in [2.45, 2.75) is 19.1 Å². The van der Waals surface area contributed by atoms with E-state index in [4.69, 9.17) is 14.2 Å². The summed E-state index contributed by atoms with van der Waals surface area (Å²) in [5.74, 6) is 0.676. The standard InChI is InChI=1S/C20H24N2O3/c1-2-10-22(9-1)11-12-23-19-8-4-7-18(21-19)16-5-3-6-17(15-16)20-24-13-14-25-20/h3-8,15,20H,1-2,9-14H2. The maximum atomic E-state index is 5.86. The fraction of sp³-hybridized carbons (Fsp3) is 0.450. The van der Waals surface area contributed by atoms with E-state index in [1.54, 1.807) is 0 Å². The minimum absolute atomic E-state index is 0.264. The summed E-state index contributed by atoms with van der Waals surface area (Å²) in [6, 6.07) is 14.1. The van der Waals surface area contributed by atoms with Crippen LogP contribution in [0.4, 0.5) is 0 Å². The molecule has 2 saturated heterocycles. The number of ether oxygens (including phenoxy) is 3. The van der Waals surface area contributed by atoms with E-state index in [9.17, 15) is 0 Å². The molecule has 0 amide bonds. The summed E-state index contributed by atoms with van der Waals surface area (Å²) >= 11 is 0. The molecule has 3 heterocycles. The Bertz CT molecular complexity index is 695. The van der Waals surface area contributed by atoms with Crippen LogP contribution in [0.15, 0.2) is 42.5 Å². The molecule has 5 nitrogen and oxygen atoms in total. The van der Waals surface area contributed by atoms with Crippen LogP contribution in [0, 0.1) is 0 Å². The van der Waals surface area contributed by atoms with Gasteiger partial charge in [-0.15, -0.1) is 0 Å². The van der Waals surface area contributed by atoms with Gasteiger partial charge in [0.15, 0.2) is 6.29 Å². The molecule has 0 saturated carbocycles. The van der Waals surface area contributed by atoms with Crippen molar-refractivity contribution in [1.29, 1.82) is 0 Å². The lowest BCUT2D eigenvalue weighted by Crippen LogP contribution is -2.25. The number of benzene rings is 1. The molecule has 5 heteroatoms. The van der Waals surface area contributed by atoms with E-state index >= 15 is 0 Å². The minimum Gasteiger partial charge on any atom is -0.476 e. The third kappa shape index (κ3) is 4.18. The van der Waals surface area contributed by atoms with Gasteiger partial charge in [-0.25, -0.2) is 4.98 Å². The quantitative estimate of drug-likeness (QED) is 0.807. The van der Waals surface area contributed by atoms with Crippen LogP contribution in [0.2, 0.25) is 0 Å². The zero-order chi connectivity index (χ0) is 16.9. The van der Waals surface area contributed by atoms with Crippen LogP contribution in [-0.4, -0.2) is 49.3 Å². The van der Waals surface area contributed by atoms with Gasteiger partial charge in [0.1, 0.15) is 6.61 Å². The van der Waals surface area contributed by atoms with E-state index in [2.05, 4.69) is 22.0 Å². The van der Waals surface area contributed by atoms with Gasteiger partial charge in [0.25, 0.3) is 0 Å². The van der Waals surface area contributed by atoms with Crippen molar-refractivity contribution in [3.05, 3.63) is 48.0 Å². The van der Waals surface area contributed by atoms with Gasteiger partial charge in [0.05, 0.1) is 18.9 Å². The maximum Gasteiger partial charge on any atom is 0.213 e. The Kier molecular flexibility index (Phi) is 5.25. The molecule has 0 bridgehead atoms. The SMILES string of the molecule is c1cc(-c2cccc(OCCN3CCCC3)n2)cc(C2OCCO2)c1. The number of hydrogen-bond acceptors (Lipinski definition) is 5. The van der Waals surface area contributed by atoms with Crippen LogP contribution in [0.3, 0.4) is 0 Å². The molecule has 4 rings (SSSR count). The fourth-order valence-corrected chi connectivity index (χ4v) is 3.34. The molecule has 2 aliphatic rings. The van der Waals surface area contributed by atoms with Gasteiger partial charge in [-0.05, 0) is 38.1 Å². The van der Waals surface area contributed by atoms with E-state index in [-0.39, 0.29) is 6.29 Å². The predicted molar refractivity (Wildman–Crippen MR) is 95.5 cm³/mol. The van der Waals surface area contributed by atoms with Crippen molar-refractivity contribution >= 4 is 0 Å². The molecule has 0 spiro atoms. The van der Waals surface area contributed by atoms with Crippen molar-refractivity contribution in [3.63, 3.8) is 0 Å². The lowest BCUT2D eigenvalue weighted by atomic mass is 10.1. The zero-order valence-electron chi connectivity index (χ0n) is 14.4. The second kappa shape index (κ2) is 7.95. The molecule has 0 atom stereocenters. The van der Waals surface area contributed by atoms with Crippen LogP contribution >= 0.6 is 0 Å². The van der Waals surface area contributed by atoms with E-state index in [0.717, 1.165) is 23.4 Å². The smallest absolute Gasteiger partial charge is 0.213 e. The first-order valence-corrected chi connectivity index (χ1v) is 9.04. The number of nitrogens with zero attached hydrogens (tertiary/aromatic N) is 2. The van der Waals surface area contributed by atoms with Crippen LogP contribution in [0.5, 0.6) is 5.88 Å². The first-order chi connectivity index (χ1) is 12.4. The fourth-order valence-electron chi connectivity index (χ4n) is 3.34. The highest BCUT2D eigenvalue weighted by Gasteiger charge is 2.18. The van der Waals surface area contributed by atoms with Crippen molar-refractivity contribution in [3.8, 4) is 17.1 Å². The van der Waals surface area contributed by atoms with Crippen molar-refractivity contribution in [1.82, 2.24) is 9.88 Å². The van der Waals surface area contributed by atoms with Gasteiger partial charge in [-0.3, -0.25) is 4.90 Å². The highest BCUT2D eigenvalue weighted by Crippen LogP contribution is 2.27. The summed E-state index contributed by atoms with van der Waals surface area (Å²) in [5, 5.41) is 0.